The van der Waals surface area contributed by atoms with Crippen LogP contribution in [0.2, 0.25) is 0 Å². The van der Waals surface area contributed by atoms with Crippen LogP contribution >= 0.6 is 0 Å². The number of nitrogens with zero attached hydrogens (tertiary/aromatic N) is 3. The molecule has 3 aromatic rings. The van der Waals surface area contributed by atoms with E-state index >= 15 is 0 Å². The molecule has 0 aliphatic carbocycles. The molecule has 0 radical (unpaired) electrons. The highest BCUT2D eigenvalue weighted by Gasteiger charge is 2.31. The van der Waals surface area contributed by atoms with Gasteiger partial charge in [-0.25, -0.2) is 9.97 Å². The minimum atomic E-state index is -4.75. The zero-order valence-electron chi connectivity index (χ0n) is 17.3. The number of nitrogens with two attached hydrogens (primary N) is 1. The van der Waals surface area contributed by atoms with Gasteiger partial charge in [-0.3, -0.25) is 4.79 Å². The maximum atomic E-state index is 12.8. The van der Waals surface area contributed by atoms with Crippen molar-refractivity contribution in [2.45, 2.75) is 6.36 Å². The van der Waals surface area contributed by atoms with Crippen LogP contribution in [0.1, 0.15) is 10.4 Å². The normalized spacial score (nSPS) is 14.1. The van der Waals surface area contributed by atoms with Crippen molar-refractivity contribution in [1.82, 2.24) is 14.9 Å². The second-order valence-corrected chi connectivity index (χ2v) is 7.23. The molecule has 2 aromatic carbocycles. The SMILES string of the molecule is Nc1cc(C(=O)N2CCOCC2)cc(-c2cc(Nc3ccc(OC(F)(F)F)cc3)ncn2)c1. The van der Waals surface area contributed by atoms with Gasteiger partial charge in [-0.05, 0) is 42.5 Å². The van der Waals surface area contributed by atoms with E-state index in [1.54, 1.807) is 29.2 Å². The Labute approximate surface area is 187 Å². The van der Waals surface area contributed by atoms with Gasteiger partial charge in [0, 0.05) is 41.7 Å². The minimum absolute atomic E-state index is 0.138. The number of anilines is 3. The Hall–Kier alpha value is -3.86. The lowest BCUT2D eigenvalue weighted by Crippen LogP contribution is -2.40. The van der Waals surface area contributed by atoms with Crippen LogP contribution in [0.5, 0.6) is 5.75 Å². The van der Waals surface area contributed by atoms with Crippen molar-refractivity contribution in [3.8, 4) is 17.0 Å². The molecule has 0 atom stereocenters. The van der Waals surface area contributed by atoms with Gasteiger partial charge >= 0.3 is 6.36 Å². The molecule has 0 bridgehead atoms. The van der Waals surface area contributed by atoms with Crippen LogP contribution < -0.4 is 15.8 Å². The molecule has 0 unspecified atom stereocenters. The Bertz CT molecular complexity index is 1130. The number of nitrogens with one attached hydrogen (secondary N) is 1. The first kappa shape index (κ1) is 22.3. The number of carbonyl (C=O) groups is 1. The molecule has 33 heavy (non-hydrogen) atoms. The number of alkyl halides is 3. The summed E-state index contributed by atoms with van der Waals surface area (Å²) in [5.41, 5.74) is 8.55. The molecule has 1 aliphatic rings. The van der Waals surface area contributed by atoms with E-state index in [1.807, 2.05) is 0 Å². The summed E-state index contributed by atoms with van der Waals surface area (Å²) >= 11 is 0. The van der Waals surface area contributed by atoms with Gasteiger partial charge in [0.05, 0.1) is 18.9 Å². The number of halogens is 3. The molecule has 8 nitrogen and oxygen atoms in total. The number of morpholine rings is 1. The minimum Gasteiger partial charge on any atom is -0.406 e. The lowest BCUT2D eigenvalue weighted by Gasteiger charge is -2.27. The van der Waals surface area contributed by atoms with Gasteiger partial charge < -0.3 is 25.4 Å². The molecular weight excluding hydrogens is 439 g/mol. The first-order valence-electron chi connectivity index (χ1n) is 10.00. The van der Waals surface area contributed by atoms with Crippen LogP contribution in [-0.2, 0) is 4.74 Å². The number of amides is 1. The highest BCUT2D eigenvalue weighted by atomic mass is 19.4. The predicted molar refractivity (Wildman–Crippen MR) is 115 cm³/mol. The molecule has 11 heteroatoms. The van der Waals surface area contributed by atoms with E-state index in [0.29, 0.717) is 60.3 Å². The highest BCUT2D eigenvalue weighted by molar-refractivity contribution is 5.96. The van der Waals surface area contributed by atoms with Gasteiger partial charge in [-0.15, -0.1) is 13.2 Å². The van der Waals surface area contributed by atoms with E-state index < -0.39 is 6.36 Å². The van der Waals surface area contributed by atoms with Crippen molar-refractivity contribution < 1.29 is 27.4 Å². The predicted octanol–water partition coefficient (Wildman–Crippen LogP) is 3.84. The third-order valence-corrected chi connectivity index (χ3v) is 4.82. The summed E-state index contributed by atoms with van der Waals surface area (Å²) in [6.45, 7) is 2.00. The highest BCUT2D eigenvalue weighted by Crippen LogP contribution is 2.27. The summed E-state index contributed by atoms with van der Waals surface area (Å²) in [6.07, 6.45) is -3.42. The van der Waals surface area contributed by atoms with Gasteiger partial charge in [0.15, 0.2) is 0 Å². The van der Waals surface area contributed by atoms with Gasteiger partial charge in [0.1, 0.15) is 17.9 Å². The van der Waals surface area contributed by atoms with E-state index in [2.05, 4.69) is 20.0 Å². The second kappa shape index (κ2) is 9.33. The largest absolute Gasteiger partial charge is 0.573 e. The summed E-state index contributed by atoms with van der Waals surface area (Å²) in [6, 6.07) is 11.9. The fourth-order valence-electron chi connectivity index (χ4n) is 3.34. The quantitative estimate of drug-likeness (QED) is 0.559. The third-order valence-electron chi connectivity index (χ3n) is 4.82. The van der Waals surface area contributed by atoms with Crippen LogP contribution in [-0.4, -0.2) is 53.4 Å². The van der Waals surface area contributed by atoms with E-state index in [4.69, 9.17) is 10.5 Å². The van der Waals surface area contributed by atoms with E-state index in [-0.39, 0.29) is 11.7 Å². The Balaban J connectivity index is 1.53. The summed E-state index contributed by atoms with van der Waals surface area (Å²) in [5, 5.41) is 3.00. The summed E-state index contributed by atoms with van der Waals surface area (Å²) in [7, 11) is 0. The lowest BCUT2D eigenvalue weighted by atomic mass is 10.0. The molecule has 2 heterocycles. The number of hydrogen-bond acceptors (Lipinski definition) is 7. The number of ether oxygens (including phenoxy) is 2. The Morgan fingerprint density at radius 2 is 1.79 bits per heavy atom. The van der Waals surface area contributed by atoms with Gasteiger partial charge in [0.25, 0.3) is 5.91 Å². The summed E-state index contributed by atoms with van der Waals surface area (Å²) in [5.74, 6) is -0.0537. The van der Waals surface area contributed by atoms with Crippen LogP contribution in [0.4, 0.5) is 30.4 Å². The molecule has 0 spiro atoms. The number of carbonyl (C=O) groups excluding carboxylic acids is 1. The standard InChI is InChI=1S/C22H20F3N5O3/c23-22(24,25)33-18-3-1-17(2-4-18)29-20-12-19(27-13-28-20)14-9-15(11-16(26)10-14)21(31)30-5-7-32-8-6-30/h1-4,9-13H,5-8,26H2,(H,27,28,29). The van der Waals surface area contributed by atoms with Crippen LogP contribution in [0.25, 0.3) is 11.3 Å². The number of nitrogen functional groups attached to an aromatic ring is 1. The fraction of sp³-hybridized carbons (Fsp3) is 0.227. The lowest BCUT2D eigenvalue weighted by molar-refractivity contribution is -0.274. The van der Waals surface area contributed by atoms with Crippen molar-refractivity contribution in [3.05, 3.63) is 60.4 Å². The molecule has 4 rings (SSSR count). The number of aromatic nitrogens is 2. The molecule has 3 N–H and O–H groups in total. The third kappa shape index (κ3) is 5.89. The Morgan fingerprint density at radius 3 is 2.48 bits per heavy atom. The molecular formula is C22H20F3N5O3. The van der Waals surface area contributed by atoms with Gasteiger partial charge in [-0.1, -0.05) is 0 Å². The number of rotatable bonds is 5. The maximum absolute atomic E-state index is 12.8. The zero-order chi connectivity index (χ0) is 23.4. The molecule has 1 amide bonds. The fourth-order valence-corrected chi connectivity index (χ4v) is 3.34. The van der Waals surface area contributed by atoms with Crippen LogP contribution in [0.15, 0.2) is 54.9 Å². The smallest absolute Gasteiger partial charge is 0.406 e. The Kier molecular flexibility index (Phi) is 6.31. The molecule has 1 aromatic heterocycles. The molecule has 1 saturated heterocycles. The van der Waals surface area contributed by atoms with Crippen molar-refractivity contribution in [1.29, 1.82) is 0 Å². The molecule has 172 valence electrons. The van der Waals surface area contributed by atoms with Gasteiger partial charge in [0.2, 0.25) is 0 Å². The Morgan fingerprint density at radius 1 is 1.06 bits per heavy atom. The topological polar surface area (TPSA) is 103 Å². The average molecular weight is 459 g/mol. The monoisotopic (exact) mass is 459 g/mol. The first-order chi connectivity index (χ1) is 15.8. The molecule has 1 fully saturated rings. The number of benzene rings is 2. The van der Waals surface area contributed by atoms with Crippen LogP contribution in [0, 0.1) is 0 Å². The van der Waals surface area contributed by atoms with Gasteiger partial charge in [-0.2, -0.15) is 0 Å². The van der Waals surface area contributed by atoms with Crippen molar-refractivity contribution in [2.75, 3.05) is 37.4 Å². The second-order valence-electron chi connectivity index (χ2n) is 7.23. The van der Waals surface area contributed by atoms with E-state index in [1.165, 1.54) is 30.6 Å². The molecule has 1 aliphatic heterocycles. The maximum Gasteiger partial charge on any atom is 0.573 e. The summed E-state index contributed by atoms with van der Waals surface area (Å²) in [4.78, 5) is 23.0. The van der Waals surface area contributed by atoms with E-state index in [0.717, 1.165) is 0 Å². The van der Waals surface area contributed by atoms with Crippen molar-refractivity contribution >= 4 is 23.1 Å². The average Bonchev–Trinajstić information content (AvgIpc) is 2.79. The van der Waals surface area contributed by atoms with E-state index in [9.17, 15) is 18.0 Å². The zero-order valence-corrected chi connectivity index (χ0v) is 17.3. The van der Waals surface area contributed by atoms with Crippen molar-refractivity contribution in [3.63, 3.8) is 0 Å². The number of hydrogen-bond donors (Lipinski definition) is 2. The van der Waals surface area contributed by atoms with Crippen molar-refractivity contribution in [2.24, 2.45) is 0 Å². The first-order valence-corrected chi connectivity index (χ1v) is 10.00. The molecule has 0 saturated carbocycles. The van der Waals surface area contributed by atoms with Crippen LogP contribution in [0.3, 0.4) is 0 Å². The summed E-state index contributed by atoms with van der Waals surface area (Å²) < 4.78 is 46.1.